The Bertz CT molecular complexity index is 388. The van der Waals surface area contributed by atoms with E-state index >= 15 is 0 Å². The van der Waals surface area contributed by atoms with Gasteiger partial charge >= 0.3 is 0 Å². The van der Waals surface area contributed by atoms with Gasteiger partial charge in [-0.05, 0) is 18.8 Å². The van der Waals surface area contributed by atoms with Gasteiger partial charge in [0.15, 0.2) is 0 Å². The molecular weight excluding hydrogens is 258 g/mol. The second-order valence-electron chi connectivity index (χ2n) is 6.06. The van der Waals surface area contributed by atoms with Gasteiger partial charge in [0.1, 0.15) is 6.04 Å². The first-order chi connectivity index (χ1) is 9.48. The molecule has 3 atom stereocenters. The van der Waals surface area contributed by atoms with Crippen molar-refractivity contribution in [2.75, 3.05) is 26.8 Å². The maximum Gasteiger partial charge on any atom is 0.244 e. The topological polar surface area (TPSA) is 84.7 Å². The van der Waals surface area contributed by atoms with Crippen molar-refractivity contribution in [2.24, 2.45) is 11.7 Å². The Morgan fingerprint density at radius 3 is 2.85 bits per heavy atom. The summed E-state index contributed by atoms with van der Waals surface area (Å²) in [5.41, 5.74) is 5.55. The third kappa shape index (κ3) is 2.96. The minimum atomic E-state index is -0.818. The molecule has 0 aromatic rings. The number of ether oxygens (including phenoxy) is 1. The number of hydrogen-bond acceptors (Lipinski definition) is 4. The molecule has 0 spiro atoms. The first-order valence-corrected chi connectivity index (χ1v) is 7.37. The van der Waals surface area contributed by atoms with Crippen LogP contribution in [-0.2, 0) is 14.3 Å². The number of nitrogens with two attached hydrogens (primary N) is 1. The van der Waals surface area contributed by atoms with Crippen LogP contribution < -0.4 is 11.1 Å². The fourth-order valence-corrected chi connectivity index (χ4v) is 3.30. The van der Waals surface area contributed by atoms with Crippen LogP contribution in [0.2, 0.25) is 0 Å². The summed E-state index contributed by atoms with van der Waals surface area (Å²) in [5.74, 6) is 0.170. The van der Waals surface area contributed by atoms with E-state index in [1.165, 1.54) is 0 Å². The third-order valence-electron chi connectivity index (χ3n) is 4.40. The molecule has 2 rings (SSSR count). The lowest BCUT2D eigenvalue weighted by Crippen LogP contribution is -2.64. The quantitative estimate of drug-likeness (QED) is 0.739. The van der Waals surface area contributed by atoms with Crippen molar-refractivity contribution in [3.63, 3.8) is 0 Å². The van der Waals surface area contributed by atoms with E-state index in [4.69, 9.17) is 10.5 Å². The van der Waals surface area contributed by atoms with Crippen molar-refractivity contribution in [3.8, 4) is 0 Å². The van der Waals surface area contributed by atoms with Crippen molar-refractivity contribution < 1.29 is 14.3 Å². The zero-order valence-corrected chi connectivity index (χ0v) is 12.4. The van der Waals surface area contributed by atoms with E-state index in [2.05, 4.69) is 12.2 Å². The Hall–Kier alpha value is -1.14. The molecule has 114 valence electrons. The molecule has 0 radical (unpaired) electrons. The number of nitrogens with zero attached hydrogens (tertiary/aromatic N) is 1. The number of nitrogens with one attached hydrogen (secondary N) is 1. The molecule has 0 aromatic carbocycles. The number of carbonyl (C=O) groups is 2. The van der Waals surface area contributed by atoms with Gasteiger partial charge in [-0.3, -0.25) is 9.59 Å². The van der Waals surface area contributed by atoms with Gasteiger partial charge in [0.05, 0.1) is 18.8 Å². The van der Waals surface area contributed by atoms with Gasteiger partial charge < -0.3 is 20.7 Å². The molecular formula is C14H25N3O3. The summed E-state index contributed by atoms with van der Waals surface area (Å²) in [4.78, 5) is 26.3. The number of rotatable bonds is 2. The van der Waals surface area contributed by atoms with E-state index in [0.717, 1.165) is 12.8 Å². The zero-order chi connectivity index (χ0) is 14.8. The standard InChI is InChI=1S/C14H25N3O3/c1-10-4-3-5-14(15,8-10)13(19)17-6-7-20-9-11(17)12(18)16-2/h10-11H,3-9,15H2,1-2H3,(H,16,18). The molecule has 1 aliphatic heterocycles. The molecule has 2 aliphatic rings. The van der Waals surface area contributed by atoms with E-state index < -0.39 is 11.6 Å². The Morgan fingerprint density at radius 1 is 1.45 bits per heavy atom. The Balaban J connectivity index is 2.14. The first-order valence-electron chi connectivity index (χ1n) is 7.37. The van der Waals surface area contributed by atoms with Crippen LogP contribution >= 0.6 is 0 Å². The average Bonchev–Trinajstić information content (AvgIpc) is 2.45. The molecule has 1 heterocycles. The molecule has 20 heavy (non-hydrogen) atoms. The first kappa shape index (κ1) is 15.3. The Kier molecular flexibility index (Phi) is 4.65. The van der Waals surface area contributed by atoms with E-state index in [9.17, 15) is 9.59 Å². The highest BCUT2D eigenvalue weighted by atomic mass is 16.5. The van der Waals surface area contributed by atoms with Crippen LogP contribution in [0, 0.1) is 5.92 Å². The summed E-state index contributed by atoms with van der Waals surface area (Å²) in [6.45, 7) is 3.27. The second-order valence-corrected chi connectivity index (χ2v) is 6.06. The van der Waals surface area contributed by atoms with Gasteiger partial charge in [0.25, 0.3) is 0 Å². The summed E-state index contributed by atoms with van der Waals surface area (Å²) in [5, 5.41) is 2.59. The van der Waals surface area contributed by atoms with Gasteiger partial charge in [-0.25, -0.2) is 0 Å². The normalized spacial score (nSPS) is 34.6. The number of morpholine rings is 1. The molecule has 0 bridgehead atoms. The predicted octanol–water partition coefficient (Wildman–Crippen LogP) is -0.133. The fraction of sp³-hybridized carbons (Fsp3) is 0.857. The second kappa shape index (κ2) is 6.10. The maximum atomic E-state index is 12.8. The van der Waals surface area contributed by atoms with Crippen LogP contribution in [0.15, 0.2) is 0 Å². The molecule has 3 N–H and O–H groups in total. The van der Waals surface area contributed by atoms with Crippen LogP contribution in [0.3, 0.4) is 0 Å². The highest BCUT2D eigenvalue weighted by molar-refractivity contribution is 5.92. The fourth-order valence-electron chi connectivity index (χ4n) is 3.30. The third-order valence-corrected chi connectivity index (χ3v) is 4.40. The number of likely N-dealkylation sites (N-methyl/N-ethyl adjacent to an activating group) is 1. The van der Waals surface area contributed by atoms with Gasteiger partial charge in [-0.1, -0.05) is 19.8 Å². The van der Waals surface area contributed by atoms with E-state index in [1.54, 1.807) is 11.9 Å². The zero-order valence-electron chi connectivity index (χ0n) is 12.4. The number of carbonyl (C=O) groups excluding carboxylic acids is 2. The number of amides is 2. The molecule has 1 saturated carbocycles. The predicted molar refractivity (Wildman–Crippen MR) is 74.9 cm³/mol. The van der Waals surface area contributed by atoms with Crippen LogP contribution in [0.4, 0.5) is 0 Å². The molecule has 3 unspecified atom stereocenters. The van der Waals surface area contributed by atoms with Crippen LogP contribution in [0.1, 0.15) is 32.6 Å². The highest BCUT2D eigenvalue weighted by Gasteiger charge is 2.44. The lowest BCUT2D eigenvalue weighted by molar-refractivity contribution is -0.153. The van der Waals surface area contributed by atoms with Crippen molar-refractivity contribution >= 4 is 11.8 Å². The molecule has 6 nitrogen and oxygen atoms in total. The molecule has 2 amide bonds. The summed E-state index contributed by atoms with van der Waals surface area (Å²) in [6, 6.07) is -0.557. The van der Waals surface area contributed by atoms with Crippen LogP contribution in [0.5, 0.6) is 0 Å². The van der Waals surface area contributed by atoms with Gasteiger partial charge in [0, 0.05) is 13.6 Å². The van der Waals surface area contributed by atoms with Crippen molar-refractivity contribution in [1.82, 2.24) is 10.2 Å². The van der Waals surface area contributed by atoms with Crippen molar-refractivity contribution in [3.05, 3.63) is 0 Å². The van der Waals surface area contributed by atoms with Gasteiger partial charge in [-0.15, -0.1) is 0 Å². The smallest absolute Gasteiger partial charge is 0.244 e. The molecule has 1 aliphatic carbocycles. The van der Waals surface area contributed by atoms with E-state index in [1.807, 2.05) is 0 Å². The van der Waals surface area contributed by atoms with Crippen LogP contribution in [-0.4, -0.2) is 55.1 Å². The lowest BCUT2D eigenvalue weighted by atomic mass is 9.76. The lowest BCUT2D eigenvalue weighted by Gasteiger charge is -2.42. The summed E-state index contributed by atoms with van der Waals surface area (Å²) >= 11 is 0. The SMILES string of the molecule is CNC(=O)C1COCCN1C(=O)C1(N)CCCC(C)C1. The van der Waals surface area contributed by atoms with E-state index in [-0.39, 0.29) is 18.4 Å². The maximum absolute atomic E-state index is 12.8. The van der Waals surface area contributed by atoms with E-state index in [0.29, 0.717) is 31.9 Å². The Morgan fingerprint density at radius 2 is 2.20 bits per heavy atom. The average molecular weight is 283 g/mol. The molecule has 6 heteroatoms. The summed E-state index contributed by atoms with van der Waals surface area (Å²) < 4.78 is 5.33. The van der Waals surface area contributed by atoms with Gasteiger partial charge in [0.2, 0.25) is 11.8 Å². The minimum Gasteiger partial charge on any atom is -0.377 e. The Labute approximate surface area is 120 Å². The summed E-state index contributed by atoms with van der Waals surface area (Å²) in [6.07, 6.45) is 3.49. The minimum absolute atomic E-state index is 0.0963. The molecule has 0 aromatic heterocycles. The summed E-state index contributed by atoms with van der Waals surface area (Å²) in [7, 11) is 1.57. The van der Waals surface area contributed by atoms with Crippen molar-refractivity contribution in [2.45, 2.75) is 44.2 Å². The van der Waals surface area contributed by atoms with Gasteiger partial charge in [-0.2, -0.15) is 0 Å². The monoisotopic (exact) mass is 283 g/mol. The molecule has 1 saturated heterocycles. The van der Waals surface area contributed by atoms with Crippen LogP contribution in [0.25, 0.3) is 0 Å². The largest absolute Gasteiger partial charge is 0.377 e. The van der Waals surface area contributed by atoms with Crippen molar-refractivity contribution in [1.29, 1.82) is 0 Å². The highest BCUT2D eigenvalue weighted by Crippen LogP contribution is 2.32. The number of hydrogen-bond donors (Lipinski definition) is 2. The molecule has 2 fully saturated rings.